The molecule has 150 valence electrons. The lowest BCUT2D eigenvalue weighted by atomic mass is 9.94. The topological polar surface area (TPSA) is 57.6 Å². The Bertz CT molecular complexity index is 949. The zero-order chi connectivity index (χ0) is 21.2. The maximum Gasteiger partial charge on any atom is 0.433 e. The molecule has 28 heavy (non-hydrogen) atoms. The van der Waals surface area contributed by atoms with Crippen molar-refractivity contribution in [1.82, 2.24) is 0 Å². The minimum atomic E-state index is -5.07. The first kappa shape index (κ1) is 21.8. The van der Waals surface area contributed by atoms with Gasteiger partial charge in [-0.1, -0.05) is 50.1 Å². The SMILES string of the molecule is C#CC(O)(c1ccc(N(CC(C)C)S(=O)(=O)c2ccccc2)cc1)C(F)(F)F. The number of rotatable bonds is 6. The van der Waals surface area contributed by atoms with Gasteiger partial charge in [0.1, 0.15) is 0 Å². The molecule has 0 amide bonds. The number of benzene rings is 2. The third kappa shape index (κ3) is 4.16. The Kier molecular flexibility index (Phi) is 6.12. The van der Waals surface area contributed by atoms with Gasteiger partial charge >= 0.3 is 6.18 Å². The summed E-state index contributed by atoms with van der Waals surface area (Å²) >= 11 is 0. The van der Waals surface area contributed by atoms with Gasteiger partial charge in [-0.3, -0.25) is 4.31 Å². The first-order valence-corrected chi connectivity index (χ1v) is 9.82. The van der Waals surface area contributed by atoms with Crippen molar-refractivity contribution in [2.45, 2.75) is 30.5 Å². The monoisotopic (exact) mass is 411 g/mol. The quantitative estimate of drug-likeness (QED) is 0.733. The highest BCUT2D eigenvalue weighted by Crippen LogP contribution is 2.39. The molecule has 0 saturated carbocycles. The molecule has 0 heterocycles. The number of hydrogen-bond donors (Lipinski definition) is 1. The van der Waals surface area contributed by atoms with E-state index in [9.17, 15) is 26.7 Å². The molecule has 0 bridgehead atoms. The predicted molar refractivity (Wildman–Crippen MR) is 101 cm³/mol. The third-order valence-corrected chi connectivity index (χ3v) is 5.86. The number of anilines is 1. The summed E-state index contributed by atoms with van der Waals surface area (Å²) in [6, 6.07) is 12.1. The van der Waals surface area contributed by atoms with Gasteiger partial charge in [0, 0.05) is 12.1 Å². The Morgan fingerprint density at radius 3 is 2.04 bits per heavy atom. The van der Waals surface area contributed by atoms with Crippen LogP contribution in [0.25, 0.3) is 0 Å². The highest BCUT2D eigenvalue weighted by atomic mass is 32.2. The van der Waals surface area contributed by atoms with Crippen molar-refractivity contribution in [2.24, 2.45) is 5.92 Å². The Morgan fingerprint density at radius 1 is 1.07 bits per heavy atom. The van der Waals surface area contributed by atoms with Crippen molar-refractivity contribution < 1.29 is 26.7 Å². The molecule has 2 rings (SSSR count). The summed E-state index contributed by atoms with van der Waals surface area (Å²) in [6.07, 6.45) is -0.165. The zero-order valence-electron chi connectivity index (χ0n) is 15.3. The van der Waals surface area contributed by atoms with Crippen molar-refractivity contribution >= 4 is 15.7 Å². The van der Waals surface area contributed by atoms with Gasteiger partial charge in [0.2, 0.25) is 5.60 Å². The van der Waals surface area contributed by atoms with Gasteiger partial charge < -0.3 is 5.11 Å². The second-order valence-electron chi connectivity index (χ2n) is 6.64. The van der Waals surface area contributed by atoms with Crippen LogP contribution in [-0.2, 0) is 15.6 Å². The van der Waals surface area contributed by atoms with Crippen LogP contribution >= 0.6 is 0 Å². The Labute approximate surface area is 162 Å². The lowest BCUT2D eigenvalue weighted by molar-refractivity contribution is -0.240. The molecule has 1 unspecified atom stereocenters. The van der Waals surface area contributed by atoms with Gasteiger partial charge in [0.25, 0.3) is 10.0 Å². The summed E-state index contributed by atoms with van der Waals surface area (Å²) in [5.74, 6) is 1.32. The molecule has 0 aliphatic rings. The molecule has 0 spiro atoms. The Balaban J connectivity index is 2.51. The van der Waals surface area contributed by atoms with Crippen molar-refractivity contribution in [1.29, 1.82) is 0 Å². The van der Waals surface area contributed by atoms with Crippen molar-refractivity contribution in [2.75, 3.05) is 10.8 Å². The number of terminal acetylenes is 1. The van der Waals surface area contributed by atoms with E-state index >= 15 is 0 Å². The highest BCUT2D eigenvalue weighted by Gasteiger charge is 2.54. The van der Waals surface area contributed by atoms with E-state index in [1.54, 1.807) is 18.2 Å². The summed E-state index contributed by atoms with van der Waals surface area (Å²) in [5, 5.41) is 9.85. The molecular formula is C20H20F3NO3S. The summed E-state index contributed by atoms with van der Waals surface area (Å²) in [7, 11) is -3.92. The lowest BCUT2D eigenvalue weighted by Crippen LogP contribution is -2.41. The normalized spacial score (nSPS) is 14.4. The summed E-state index contributed by atoms with van der Waals surface area (Å²) in [5.41, 5.74) is -3.84. The number of halogens is 3. The van der Waals surface area contributed by atoms with Crippen molar-refractivity contribution in [3.63, 3.8) is 0 Å². The molecule has 0 aromatic heterocycles. The minimum absolute atomic E-state index is 0.0454. The first-order valence-electron chi connectivity index (χ1n) is 8.38. The Morgan fingerprint density at radius 2 is 1.61 bits per heavy atom. The summed E-state index contributed by atoms with van der Waals surface area (Å²) in [6.45, 7) is 3.76. The maximum absolute atomic E-state index is 13.1. The second-order valence-corrected chi connectivity index (χ2v) is 8.50. The zero-order valence-corrected chi connectivity index (χ0v) is 16.1. The number of hydrogen-bond acceptors (Lipinski definition) is 3. The van der Waals surface area contributed by atoms with E-state index in [0.29, 0.717) is 0 Å². The summed E-state index contributed by atoms with van der Waals surface area (Å²) < 4.78 is 66.6. The van der Waals surface area contributed by atoms with Crippen molar-refractivity contribution in [3.8, 4) is 12.3 Å². The van der Waals surface area contributed by atoms with Gasteiger partial charge in [-0.15, -0.1) is 6.42 Å². The van der Waals surface area contributed by atoms with E-state index in [-0.39, 0.29) is 23.0 Å². The third-order valence-electron chi connectivity index (χ3n) is 4.05. The molecule has 4 nitrogen and oxygen atoms in total. The smallest absolute Gasteiger partial charge is 0.366 e. The van der Waals surface area contributed by atoms with Gasteiger partial charge in [-0.25, -0.2) is 8.42 Å². The number of nitrogens with zero attached hydrogens (tertiary/aromatic N) is 1. The molecule has 0 fully saturated rings. The van der Waals surface area contributed by atoms with E-state index in [4.69, 9.17) is 6.42 Å². The molecule has 1 atom stereocenters. The first-order chi connectivity index (χ1) is 12.9. The lowest BCUT2D eigenvalue weighted by Gasteiger charge is -2.28. The van der Waals surface area contributed by atoms with Crippen LogP contribution in [0, 0.1) is 18.3 Å². The molecule has 0 aliphatic carbocycles. The van der Waals surface area contributed by atoms with E-state index in [0.717, 1.165) is 16.4 Å². The van der Waals surface area contributed by atoms with E-state index in [1.807, 2.05) is 13.8 Å². The number of sulfonamides is 1. The molecule has 0 aliphatic heterocycles. The van der Waals surface area contributed by atoms with Crippen LogP contribution in [0.2, 0.25) is 0 Å². The van der Waals surface area contributed by atoms with Crippen LogP contribution in [0.1, 0.15) is 19.4 Å². The largest absolute Gasteiger partial charge is 0.433 e. The highest BCUT2D eigenvalue weighted by molar-refractivity contribution is 7.92. The van der Waals surface area contributed by atoms with Crippen LogP contribution in [0.3, 0.4) is 0 Å². The number of aliphatic hydroxyl groups is 1. The van der Waals surface area contributed by atoms with Gasteiger partial charge in [-0.05, 0) is 30.2 Å². The maximum atomic E-state index is 13.1. The van der Waals surface area contributed by atoms with Crippen LogP contribution in [0.15, 0.2) is 59.5 Å². The van der Waals surface area contributed by atoms with Crippen LogP contribution in [0.4, 0.5) is 18.9 Å². The molecule has 2 aromatic rings. The van der Waals surface area contributed by atoms with Crippen LogP contribution in [0.5, 0.6) is 0 Å². The Hall–Kier alpha value is -2.50. The fourth-order valence-electron chi connectivity index (χ4n) is 2.59. The second kappa shape index (κ2) is 7.86. The van der Waals surface area contributed by atoms with Gasteiger partial charge in [0.15, 0.2) is 0 Å². The van der Waals surface area contributed by atoms with Gasteiger partial charge in [-0.2, -0.15) is 13.2 Å². The number of alkyl halides is 3. The van der Waals surface area contributed by atoms with Crippen LogP contribution < -0.4 is 4.31 Å². The molecule has 0 saturated heterocycles. The van der Waals surface area contributed by atoms with Crippen molar-refractivity contribution in [3.05, 3.63) is 60.2 Å². The van der Waals surface area contributed by atoms with E-state index < -0.39 is 27.4 Å². The standard InChI is InChI=1S/C20H20F3NO3S/c1-4-19(25,20(21,22)23)16-10-12-17(13-11-16)24(14-15(2)3)28(26,27)18-8-6-5-7-9-18/h1,5-13,15,25H,14H2,2-3H3. The average molecular weight is 411 g/mol. The predicted octanol–water partition coefficient (Wildman–Crippen LogP) is 3.92. The molecule has 2 aromatic carbocycles. The molecular weight excluding hydrogens is 391 g/mol. The van der Waals surface area contributed by atoms with E-state index in [1.165, 1.54) is 30.2 Å². The average Bonchev–Trinajstić information content (AvgIpc) is 2.65. The minimum Gasteiger partial charge on any atom is -0.366 e. The molecule has 0 radical (unpaired) electrons. The van der Waals surface area contributed by atoms with Crippen LogP contribution in [-0.4, -0.2) is 26.2 Å². The van der Waals surface area contributed by atoms with Gasteiger partial charge in [0.05, 0.1) is 10.6 Å². The van der Waals surface area contributed by atoms with E-state index in [2.05, 4.69) is 0 Å². The fourth-order valence-corrected chi connectivity index (χ4v) is 4.24. The fraction of sp³-hybridized carbons (Fsp3) is 0.300. The molecule has 8 heteroatoms. The summed E-state index contributed by atoms with van der Waals surface area (Å²) in [4.78, 5) is 0.0650. The molecule has 1 N–H and O–H groups in total.